The summed E-state index contributed by atoms with van der Waals surface area (Å²) in [6.45, 7) is 7.90. The molecule has 1 unspecified atom stereocenters. The number of sulfonamides is 1. The van der Waals surface area contributed by atoms with E-state index < -0.39 is 10.0 Å². The first kappa shape index (κ1) is 19.2. The predicted octanol–water partition coefficient (Wildman–Crippen LogP) is 1.29. The third-order valence-corrected chi connectivity index (χ3v) is 6.66. The molecule has 8 nitrogen and oxygen atoms in total. The second kappa shape index (κ2) is 8.32. The van der Waals surface area contributed by atoms with Gasteiger partial charge in [0.15, 0.2) is 0 Å². The van der Waals surface area contributed by atoms with E-state index in [9.17, 15) is 13.2 Å². The highest BCUT2D eigenvalue weighted by molar-refractivity contribution is 7.91. The smallest absolute Gasteiger partial charge is 0.269 e. The van der Waals surface area contributed by atoms with Gasteiger partial charge in [0.25, 0.3) is 10.0 Å². The van der Waals surface area contributed by atoms with Crippen molar-refractivity contribution in [2.24, 2.45) is 5.92 Å². The van der Waals surface area contributed by atoms with E-state index in [1.807, 2.05) is 0 Å². The number of nitrogens with one attached hydrogen (secondary N) is 2. The molecule has 0 spiro atoms. The molecule has 2 rings (SSSR count). The van der Waals surface area contributed by atoms with Gasteiger partial charge >= 0.3 is 0 Å². The monoisotopic (exact) mass is 375 g/mol. The molecule has 2 N–H and O–H groups in total. The van der Waals surface area contributed by atoms with Gasteiger partial charge in [0.05, 0.1) is 0 Å². The SMILES string of the molecule is CC(=O)Nc1nnc(S(=O)(=O)NCC(C(C)C)N2CCCCC2)s1. The summed E-state index contributed by atoms with van der Waals surface area (Å²) >= 11 is 0.846. The van der Waals surface area contributed by atoms with Gasteiger partial charge in [-0.1, -0.05) is 31.6 Å². The first-order valence-corrected chi connectivity index (χ1v) is 10.4. The van der Waals surface area contributed by atoms with Gasteiger partial charge in [-0.2, -0.15) is 0 Å². The average molecular weight is 376 g/mol. The number of rotatable bonds is 7. The van der Waals surface area contributed by atoms with Gasteiger partial charge in [-0.15, -0.1) is 10.2 Å². The Morgan fingerprint density at radius 2 is 1.92 bits per heavy atom. The molecule has 0 aliphatic carbocycles. The molecule has 0 radical (unpaired) electrons. The minimum Gasteiger partial charge on any atom is -0.301 e. The molecule has 1 saturated heterocycles. The maximum absolute atomic E-state index is 12.4. The number of aromatic nitrogens is 2. The maximum Gasteiger partial charge on any atom is 0.269 e. The van der Waals surface area contributed by atoms with Crippen molar-refractivity contribution in [3.05, 3.63) is 0 Å². The van der Waals surface area contributed by atoms with Gasteiger partial charge < -0.3 is 5.32 Å². The molecule has 0 aromatic carbocycles. The minimum absolute atomic E-state index is 0.132. The zero-order valence-electron chi connectivity index (χ0n) is 14.3. The Bertz CT molecular complexity index is 653. The Kier molecular flexibility index (Phi) is 6.67. The molecule has 10 heteroatoms. The number of carbonyl (C=O) groups is 1. The first-order chi connectivity index (χ1) is 11.3. The number of carbonyl (C=O) groups excluding carboxylic acids is 1. The summed E-state index contributed by atoms with van der Waals surface area (Å²) in [5.41, 5.74) is 0. The summed E-state index contributed by atoms with van der Waals surface area (Å²) in [6, 6.07) is 0.155. The first-order valence-electron chi connectivity index (χ1n) is 8.14. The Morgan fingerprint density at radius 3 is 2.50 bits per heavy atom. The van der Waals surface area contributed by atoms with Crippen LogP contribution in [0.2, 0.25) is 0 Å². The van der Waals surface area contributed by atoms with Gasteiger partial charge in [0.2, 0.25) is 15.4 Å². The molecular weight excluding hydrogens is 350 g/mol. The Balaban J connectivity index is 2.01. The van der Waals surface area contributed by atoms with Crippen LogP contribution in [0.3, 0.4) is 0 Å². The van der Waals surface area contributed by atoms with Crippen molar-refractivity contribution < 1.29 is 13.2 Å². The summed E-state index contributed by atoms with van der Waals surface area (Å²) in [5, 5.41) is 9.97. The molecule has 1 aromatic rings. The maximum atomic E-state index is 12.4. The molecule has 136 valence electrons. The third kappa shape index (κ3) is 5.20. The summed E-state index contributed by atoms with van der Waals surface area (Å²) < 4.78 is 27.3. The Hall–Kier alpha value is -1.10. The predicted molar refractivity (Wildman–Crippen MR) is 93.5 cm³/mol. The molecule has 0 saturated carbocycles. The summed E-state index contributed by atoms with van der Waals surface area (Å²) in [6.07, 6.45) is 3.56. The third-order valence-electron chi connectivity index (χ3n) is 4.03. The molecule has 1 aliphatic heterocycles. The topological polar surface area (TPSA) is 104 Å². The fourth-order valence-electron chi connectivity index (χ4n) is 2.81. The second-order valence-electron chi connectivity index (χ2n) is 6.31. The van der Waals surface area contributed by atoms with Gasteiger partial charge in [-0.3, -0.25) is 9.69 Å². The van der Waals surface area contributed by atoms with Gasteiger partial charge in [-0.05, 0) is 31.8 Å². The van der Waals surface area contributed by atoms with Crippen molar-refractivity contribution >= 4 is 32.4 Å². The van der Waals surface area contributed by atoms with Crippen LogP contribution in [0.15, 0.2) is 4.34 Å². The lowest BCUT2D eigenvalue weighted by atomic mass is 9.99. The van der Waals surface area contributed by atoms with E-state index in [0.717, 1.165) is 37.3 Å². The number of amides is 1. The van der Waals surface area contributed by atoms with Crippen molar-refractivity contribution in [2.45, 2.75) is 50.4 Å². The van der Waals surface area contributed by atoms with E-state index in [4.69, 9.17) is 0 Å². The van der Waals surface area contributed by atoms with Crippen LogP contribution in [-0.2, 0) is 14.8 Å². The Labute approximate surface area is 147 Å². The number of nitrogens with zero attached hydrogens (tertiary/aromatic N) is 3. The molecule has 1 aromatic heterocycles. The van der Waals surface area contributed by atoms with Crippen LogP contribution >= 0.6 is 11.3 Å². The van der Waals surface area contributed by atoms with Crippen molar-refractivity contribution in [1.82, 2.24) is 19.8 Å². The Morgan fingerprint density at radius 1 is 1.25 bits per heavy atom. The van der Waals surface area contributed by atoms with Gasteiger partial charge in [0.1, 0.15) is 0 Å². The van der Waals surface area contributed by atoms with E-state index in [-0.39, 0.29) is 21.4 Å². The molecule has 1 amide bonds. The number of hydrogen-bond donors (Lipinski definition) is 2. The van der Waals surface area contributed by atoms with Crippen LogP contribution in [0.5, 0.6) is 0 Å². The van der Waals surface area contributed by atoms with E-state index in [0.29, 0.717) is 12.5 Å². The van der Waals surface area contributed by atoms with E-state index in [2.05, 4.69) is 39.0 Å². The highest BCUT2D eigenvalue weighted by Gasteiger charge is 2.27. The van der Waals surface area contributed by atoms with Crippen molar-refractivity contribution in [3.8, 4) is 0 Å². The highest BCUT2D eigenvalue weighted by Crippen LogP contribution is 2.21. The number of hydrogen-bond acceptors (Lipinski definition) is 7. The van der Waals surface area contributed by atoms with Crippen LogP contribution in [0, 0.1) is 5.92 Å². The molecule has 1 atom stereocenters. The van der Waals surface area contributed by atoms with E-state index in [1.54, 1.807) is 0 Å². The van der Waals surface area contributed by atoms with Crippen LogP contribution in [0.4, 0.5) is 5.13 Å². The zero-order chi connectivity index (χ0) is 17.7. The molecule has 0 bridgehead atoms. The molecule has 24 heavy (non-hydrogen) atoms. The van der Waals surface area contributed by atoms with Gasteiger partial charge in [-0.25, -0.2) is 13.1 Å². The van der Waals surface area contributed by atoms with Crippen molar-refractivity contribution in [1.29, 1.82) is 0 Å². The summed E-state index contributed by atoms with van der Waals surface area (Å²) in [7, 11) is -3.73. The molecule has 1 aliphatic rings. The molecule has 2 heterocycles. The largest absolute Gasteiger partial charge is 0.301 e. The lowest BCUT2D eigenvalue weighted by Crippen LogP contribution is -2.48. The molecule has 1 fully saturated rings. The minimum atomic E-state index is -3.73. The lowest BCUT2D eigenvalue weighted by molar-refractivity contribution is -0.114. The standard InChI is InChI=1S/C14H25N5O3S2/c1-10(2)12(19-7-5-4-6-8-19)9-15-24(21,22)14-18-17-13(23-14)16-11(3)20/h10,12,15H,4-9H2,1-3H3,(H,16,17,20). The normalized spacial score (nSPS) is 17.8. The van der Waals surface area contributed by atoms with E-state index >= 15 is 0 Å². The van der Waals surface area contributed by atoms with Gasteiger partial charge in [0, 0.05) is 19.5 Å². The van der Waals surface area contributed by atoms with Crippen LogP contribution in [0.25, 0.3) is 0 Å². The highest BCUT2D eigenvalue weighted by atomic mass is 32.2. The van der Waals surface area contributed by atoms with Crippen LogP contribution in [-0.4, -0.2) is 55.1 Å². The average Bonchev–Trinajstić information content (AvgIpc) is 2.96. The van der Waals surface area contributed by atoms with Crippen molar-refractivity contribution in [3.63, 3.8) is 0 Å². The fourth-order valence-corrected chi connectivity index (χ4v) is 4.85. The molecular formula is C14H25N5O3S2. The van der Waals surface area contributed by atoms with Crippen LogP contribution < -0.4 is 10.0 Å². The second-order valence-corrected chi connectivity index (χ2v) is 9.23. The summed E-state index contributed by atoms with van der Waals surface area (Å²) in [5.74, 6) is 0.0307. The zero-order valence-corrected chi connectivity index (χ0v) is 15.9. The fraction of sp³-hybridized carbons (Fsp3) is 0.786. The number of piperidine rings is 1. The van der Waals surface area contributed by atoms with Crippen molar-refractivity contribution in [2.75, 3.05) is 25.0 Å². The number of likely N-dealkylation sites (tertiary alicyclic amines) is 1. The quantitative estimate of drug-likeness (QED) is 0.696. The number of anilines is 1. The van der Waals surface area contributed by atoms with Crippen LogP contribution in [0.1, 0.15) is 40.0 Å². The van der Waals surface area contributed by atoms with E-state index in [1.165, 1.54) is 13.3 Å². The lowest BCUT2D eigenvalue weighted by Gasteiger charge is -2.36. The summed E-state index contributed by atoms with van der Waals surface area (Å²) in [4.78, 5) is 13.4.